The van der Waals surface area contributed by atoms with Crippen molar-refractivity contribution in [2.75, 3.05) is 18.8 Å². The fraction of sp³-hybridized carbons (Fsp3) is 0.364. The van der Waals surface area contributed by atoms with Gasteiger partial charge in [0.15, 0.2) is 11.0 Å². The van der Waals surface area contributed by atoms with Crippen molar-refractivity contribution in [1.29, 1.82) is 0 Å². The number of likely N-dealkylation sites (tertiary alicyclic amines) is 1. The van der Waals surface area contributed by atoms with Gasteiger partial charge in [0.2, 0.25) is 5.91 Å². The van der Waals surface area contributed by atoms with E-state index in [1.165, 1.54) is 23.7 Å². The van der Waals surface area contributed by atoms with Gasteiger partial charge in [-0.3, -0.25) is 14.3 Å². The number of rotatable bonds is 6. The summed E-state index contributed by atoms with van der Waals surface area (Å²) in [6, 6.07) is 14.1. The van der Waals surface area contributed by atoms with E-state index in [0.29, 0.717) is 18.2 Å². The minimum absolute atomic E-state index is 0.182. The molecule has 0 aliphatic carbocycles. The van der Waals surface area contributed by atoms with Crippen LogP contribution in [0.2, 0.25) is 0 Å². The number of hydrogen-bond acceptors (Lipinski definition) is 5. The largest absolute Gasteiger partial charge is 0.342 e. The van der Waals surface area contributed by atoms with Crippen LogP contribution in [0.5, 0.6) is 0 Å². The lowest BCUT2D eigenvalue weighted by atomic mass is 10.0. The molecule has 1 aliphatic rings. The second-order valence-corrected chi connectivity index (χ2v) is 8.43. The Morgan fingerprint density at radius 2 is 1.93 bits per heavy atom. The van der Waals surface area contributed by atoms with Crippen LogP contribution < -0.4 is 0 Å². The van der Waals surface area contributed by atoms with E-state index in [0.717, 1.165) is 36.1 Å². The predicted molar refractivity (Wildman–Crippen MR) is 114 cm³/mol. The van der Waals surface area contributed by atoms with Crippen LogP contribution in [-0.2, 0) is 11.3 Å². The van der Waals surface area contributed by atoms with E-state index < -0.39 is 0 Å². The van der Waals surface area contributed by atoms with Crippen LogP contribution in [0.15, 0.2) is 60.0 Å². The van der Waals surface area contributed by atoms with Crippen molar-refractivity contribution in [2.45, 2.75) is 31.5 Å². The Morgan fingerprint density at radius 1 is 1.14 bits per heavy atom. The third-order valence-corrected chi connectivity index (χ3v) is 6.12. The van der Waals surface area contributed by atoms with Crippen molar-refractivity contribution in [1.82, 2.24) is 24.6 Å². The quantitative estimate of drug-likeness (QED) is 0.583. The fourth-order valence-corrected chi connectivity index (χ4v) is 4.49. The molecule has 1 aliphatic heterocycles. The Labute approximate surface area is 175 Å². The molecule has 1 atom stereocenters. The topological polar surface area (TPSA) is 63.9 Å². The van der Waals surface area contributed by atoms with E-state index >= 15 is 0 Å². The van der Waals surface area contributed by atoms with Crippen LogP contribution in [0.25, 0.3) is 11.4 Å². The monoisotopic (exact) mass is 407 g/mol. The van der Waals surface area contributed by atoms with Gasteiger partial charge in [0.05, 0.1) is 12.3 Å². The van der Waals surface area contributed by atoms with E-state index in [9.17, 15) is 4.79 Å². The summed E-state index contributed by atoms with van der Waals surface area (Å²) in [6.07, 6.45) is 5.81. The van der Waals surface area contributed by atoms with Gasteiger partial charge in [-0.2, -0.15) is 0 Å². The van der Waals surface area contributed by atoms with Gasteiger partial charge in [0, 0.05) is 31.0 Å². The SMILES string of the molecule is CC1CCCN(C(=O)CSc2nnc(-c3ccncc3)n2Cc2ccccc2)C1. The van der Waals surface area contributed by atoms with E-state index in [1.54, 1.807) is 12.4 Å². The lowest BCUT2D eigenvalue weighted by molar-refractivity contribution is -0.130. The first-order valence-corrected chi connectivity index (χ1v) is 11.0. The molecule has 6 nitrogen and oxygen atoms in total. The van der Waals surface area contributed by atoms with Crippen LogP contribution >= 0.6 is 11.8 Å². The summed E-state index contributed by atoms with van der Waals surface area (Å²) in [5.74, 6) is 1.94. The van der Waals surface area contributed by atoms with Crippen LogP contribution in [0.3, 0.4) is 0 Å². The number of benzene rings is 1. The minimum atomic E-state index is 0.182. The first kappa shape index (κ1) is 19.6. The first-order valence-electron chi connectivity index (χ1n) is 9.99. The summed E-state index contributed by atoms with van der Waals surface area (Å²) in [5.41, 5.74) is 2.13. The van der Waals surface area contributed by atoms with Gasteiger partial charge in [0.25, 0.3) is 0 Å². The number of amides is 1. The Hall–Kier alpha value is -2.67. The van der Waals surface area contributed by atoms with Gasteiger partial charge in [-0.05, 0) is 36.5 Å². The maximum Gasteiger partial charge on any atom is 0.233 e. The first-order chi connectivity index (χ1) is 14.2. The average Bonchev–Trinajstić information content (AvgIpc) is 3.15. The van der Waals surface area contributed by atoms with Crippen molar-refractivity contribution in [3.63, 3.8) is 0 Å². The van der Waals surface area contributed by atoms with Crippen LogP contribution in [0, 0.1) is 5.92 Å². The number of nitrogens with zero attached hydrogens (tertiary/aromatic N) is 5. The molecule has 1 saturated heterocycles. The third-order valence-electron chi connectivity index (χ3n) is 5.17. The standard InChI is InChI=1S/C22H25N5OS/c1-17-6-5-13-26(14-17)20(28)16-29-22-25-24-21(19-9-11-23-12-10-19)27(22)15-18-7-3-2-4-8-18/h2-4,7-12,17H,5-6,13-16H2,1H3. The summed E-state index contributed by atoms with van der Waals surface area (Å²) in [7, 11) is 0. The molecule has 1 aromatic carbocycles. The second-order valence-electron chi connectivity index (χ2n) is 7.49. The molecule has 0 radical (unpaired) electrons. The highest BCUT2D eigenvalue weighted by atomic mass is 32.2. The molecule has 1 amide bonds. The zero-order valence-electron chi connectivity index (χ0n) is 16.6. The Balaban J connectivity index is 1.54. The van der Waals surface area contributed by atoms with E-state index in [1.807, 2.05) is 35.2 Å². The van der Waals surface area contributed by atoms with Gasteiger partial charge in [-0.15, -0.1) is 10.2 Å². The predicted octanol–water partition coefficient (Wildman–Crippen LogP) is 3.74. The minimum Gasteiger partial charge on any atom is -0.342 e. The maximum atomic E-state index is 12.7. The molecule has 0 bridgehead atoms. The number of carbonyl (C=O) groups is 1. The molecule has 3 aromatic rings. The van der Waals surface area contributed by atoms with Gasteiger partial charge >= 0.3 is 0 Å². The number of thioether (sulfide) groups is 1. The molecule has 0 spiro atoms. The van der Waals surface area contributed by atoms with Crippen LogP contribution in [0.1, 0.15) is 25.3 Å². The summed E-state index contributed by atoms with van der Waals surface area (Å²) >= 11 is 1.47. The summed E-state index contributed by atoms with van der Waals surface area (Å²) in [4.78, 5) is 18.8. The number of hydrogen-bond donors (Lipinski definition) is 0. The van der Waals surface area contributed by atoms with Gasteiger partial charge in [-0.1, -0.05) is 49.0 Å². The molecule has 7 heteroatoms. The smallest absolute Gasteiger partial charge is 0.233 e. The van der Waals surface area contributed by atoms with E-state index in [2.05, 4.69) is 38.8 Å². The summed E-state index contributed by atoms with van der Waals surface area (Å²) in [6.45, 7) is 4.59. The molecule has 150 valence electrons. The number of carbonyl (C=O) groups excluding carboxylic acids is 1. The molecule has 3 heterocycles. The second kappa shape index (κ2) is 9.22. The van der Waals surface area contributed by atoms with Crippen LogP contribution in [-0.4, -0.2) is 49.4 Å². The molecule has 4 rings (SSSR count). The molecule has 0 N–H and O–H groups in total. The third kappa shape index (κ3) is 4.85. The Kier molecular flexibility index (Phi) is 6.24. The zero-order chi connectivity index (χ0) is 20.1. The van der Waals surface area contributed by atoms with Crippen molar-refractivity contribution >= 4 is 17.7 Å². The van der Waals surface area contributed by atoms with E-state index in [-0.39, 0.29) is 5.91 Å². The summed E-state index contributed by atoms with van der Waals surface area (Å²) in [5, 5.41) is 9.59. The van der Waals surface area contributed by atoms with Gasteiger partial charge < -0.3 is 4.90 Å². The van der Waals surface area contributed by atoms with Crippen molar-refractivity contribution in [3.8, 4) is 11.4 Å². The van der Waals surface area contributed by atoms with Gasteiger partial charge in [0.1, 0.15) is 0 Å². The molecular weight excluding hydrogens is 382 g/mol. The number of aromatic nitrogens is 4. The molecule has 1 unspecified atom stereocenters. The molecule has 0 saturated carbocycles. The lowest BCUT2D eigenvalue weighted by Crippen LogP contribution is -2.40. The molecular formula is C22H25N5OS. The van der Waals surface area contributed by atoms with Crippen LogP contribution in [0.4, 0.5) is 0 Å². The fourth-order valence-electron chi connectivity index (χ4n) is 3.65. The number of pyridine rings is 1. The normalized spacial score (nSPS) is 16.7. The Morgan fingerprint density at radius 3 is 2.69 bits per heavy atom. The van der Waals surface area contributed by atoms with Crippen molar-refractivity contribution in [2.24, 2.45) is 5.92 Å². The average molecular weight is 408 g/mol. The highest BCUT2D eigenvalue weighted by Gasteiger charge is 2.22. The lowest BCUT2D eigenvalue weighted by Gasteiger charge is -2.30. The Bertz CT molecular complexity index is 944. The molecule has 1 fully saturated rings. The van der Waals surface area contributed by atoms with Gasteiger partial charge in [-0.25, -0.2) is 0 Å². The summed E-state index contributed by atoms with van der Waals surface area (Å²) < 4.78 is 2.08. The highest BCUT2D eigenvalue weighted by molar-refractivity contribution is 7.99. The highest BCUT2D eigenvalue weighted by Crippen LogP contribution is 2.26. The van der Waals surface area contributed by atoms with Crippen molar-refractivity contribution < 1.29 is 4.79 Å². The molecule has 29 heavy (non-hydrogen) atoms. The van der Waals surface area contributed by atoms with Crippen molar-refractivity contribution in [3.05, 3.63) is 60.4 Å². The molecule has 2 aromatic heterocycles. The number of piperidine rings is 1. The van der Waals surface area contributed by atoms with E-state index in [4.69, 9.17) is 0 Å². The zero-order valence-corrected chi connectivity index (χ0v) is 17.4. The maximum absolute atomic E-state index is 12.7.